The molecule has 0 bridgehead atoms. The Morgan fingerprint density at radius 2 is 2.15 bits per heavy atom. The molecule has 4 rings (SSSR count). The Kier molecular flexibility index (Phi) is 4.30. The molecule has 0 spiro atoms. The molecule has 4 heterocycles. The lowest BCUT2D eigenvalue weighted by Gasteiger charge is -2.37. The van der Waals surface area contributed by atoms with Gasteiger partial charge in [-0.2, -0.15) is 5.10 Å². The van der Waals surface area contributed by atoms with Crippen LogP contribution in [0.2, 0.25) is 0 Å². The topological polar surface area (TPSA) is 62.5 Å². The first-order valence-electron chi connectivity index (χ1n) is 9.04. The van der Waals surface area contributed by atoms with Crippen LogP contribution in [0.25, 0.3) is 4.96 Å². The Balaban J connectivity index is 1.52. The van der Waals surface area contributed by atoms with Crippen molar-refractivity contribution < 1.29 is 0 Å². The summed E-state index contributed by atoms with van der Waals surface area (Å²) in [5, 5.41) is 14.1. The summed E-state index contributed by atoms with van der Waals surface area (Å²) in [6.45, 7) is 8.49. The molecule has 1 fully saturated rings. The molecule has 0 saturated carbocycles. The first-order valence-corrected chi connectivity index (χ1v) is 9.85. The monoisotopic (exact) mass is 371 g/mol. The van der Waals surface area contributed by atoms with Crippen LogP contribution in [0.5, 0.6) is 0 Å². The highest BCUT2D eigenvalue weighted by molar-refractivity contribution is 7.20. The maximum Gasteiger partial charge on any atom is 0.214 e. The van der Waals surface area contributed by atoms with E-state index >= 15 is 0 Å². The van der Waals surface area contributed by atoms with Gasteiger partial charge in [0.2, 0.25) is 10.1 Å². The molecule has 0 aromatic carbocycles. The van der Waals surface area contributed by atoms with E-state index in [1.165, 1.54) is 0 Å². The summed E-state index contributed by atoms with van der Waals surface area (Å²) in [6, 6.07) is 4.38. The molecule has 3 aromatic heterocycles. The molecule has 3 aromatic rings. The van der Waals surface area contributed by atoms with Gasteiger partial charge >= 0.3 is 0 Å². The number of rotatable bonds is 3. The van der Waals surface area contributed by atoms with Crippen LogP contribution in [0, 0.1) is 0 Å². The van der Waals surface area contributed by atoms with Crippen LogP contribution < -0.4 is 9.80 Å². The third-order valence-electron chi connectivity index (χ3n) is 4.93. The van der Waals surface area contributed by atoms with Crippen molar-refractivity contribution in [2.45, 2.75) is 45.1 Å². The van der Waals surface area contributed by atoms with Crippen molar-refractivity contribution in [1.29, 1.82) is 0 Å². The molecule has 0 amide bonds. The van der Waals surface area contributed by atoms with Crippen LogP contribution in [-0.2, 0) is 5.41 Å². The average Bonchev–Trinajstić information content (AvgIpc) is 3.21. The fraction of sp³-hybridized carbons (Fsp3) is 0.556. The normalized spacial score (nSPS) is 18.5. The van der Waals surface area contributed by atoms with Crippen LogP contribution in [0.1, 0.15) is 39.3 Å². The highest BCUT2D eigenvalue weighted by Gasteiger charge is 2.27. The molecular weight excluding hydrogens is 346 g/mol. The number of hydrogen-bond acceptors (Lipinski definition) is 7. The van der Waals surface area contributed by atoms with E-state index in [0.717, 1.165) is 47.5 Å². The van der Waals surface area contributed by atoms with Crippen molar-refractivity contribution in [2.24, 2.45) is 0 Å². The Labute approximate surface area is 157 Å². The molecule has 1 atom stereocenters. The Hall–Kier alpha value is -2.22. The third-order valence-corrected chi connectivity index (χ3v) is 5.94. The number of hydrogen-bond donors (Lipinski definition) is 0. The van der Waals surface area contributed by atoms with E-state index in [1.807, 2.05) is 16.6 Å². The summed E-state index contributed by atoms with van der Waals surface area (Å²) < 4.78 is 1.92. The van der Waals surface area contributed by atoms with Crippen LogP contribution >= 0.6 is 11.3 Å². The lowest BCUT2D eigenvalue weighted by atomic mass is 9.93. The fourth-order valence-corrected chi connectivity index (χ4v) is 4.21. The van der Waals surface area contributed by atoms with Gasteiger partial charge < -0.3 is 9.80 Å². The van der Waals surface area contributed by atoms with Crippen LogP contribution in [0.4, 0.5) is 10.9 Å². The van der Waals surface area contributed by atoms with Crippen molar-refractivity contribution >= 4 is 27.2 Å². The summed E-state index contributed by atoms with van der Waals surface area (Å²) in [4.78, 5) is 10.3. The second-order valence-electron chi connectivity index (χ2n) is 7.92. The Morgan fingerprint density at radius 3 is 2.85 bits per heavy atom. The molecular formula is C18H25N7S. The highest BCUT2D eigenvalue weighted by atomic mass is 32.1. The second kappa shape index (κ2) is 6.50. The number of fused-ring (bicyclic) bond motifs is 1. The van der Waals surface area contributed by atoms with Gasteiger partial charge in [0.05, 0.1) is 11.9 Å². The van der Waals surface area contributed by atoms with Gasteiger partial charge in [0, 0.05) is 37.8 Å². The molecule has 1 unspecified atom stereocenters. The largest absolute Gasteiger partial charge is 0.353 e. The smallest absolute Gasteiger partial charge is 0.214 e. The molecule has 0 aliphatic carbocycles. The van der Waals surface area contributed by atoms with E-state index in [4.69, 9.17) is 10.1 Å². The quantitative estimate of drug-likeness (QED) is 0.705. The van der Waals surface area contributed by atoms with Gasteiger partial charge in [-0.25, -0.2) is 9.50 Å². The Bertz CT molecular complexity index is 848. The highest BCUT2D eigenvalue weighted by Crippen LogP contribution is 2.29. The molecule has 7 nitrogen and oxygen atoms in total. The van der Waals surface area contributed by atoms with Gasteiger partial charge in [-0.05, 0) is 25.0 Å². The molecule has 138 valence electrons. The molecule has 26 heavy (non-hydrogen) atoms. The summed E-state index contributed by atoms with van der Waals surface area (Å²) in [5.74, 6) is 0.953. The number of likely N-dealkylation sites (N-methyl/N-ethyl adjacent to an activating group) is 1. The van der Waals surface area contributed by atoms with Crippen molar-refractivity contribution in [2.75, 3.05) is 29.9 Å². The predicted octanol–water partition coefficient (Wildman–Crippen LogP) is 2.98. The third kappa shape index (κ3) is 3.25. The molecule has 1 aliphatic rings. The molecule has 1 aliphatic heterocycles. The van der Waals surface area contributed by atoms with Crippen LogP contribution in [0.3, 0.4) is 0 Å². The standard InChI is InChI=1S/C18H25N7S/c1-18(2,3)14-12-25-16(20-14)26-17(22-25)23(4)13-7-6-10-24(11-13)15-8-5-9-19-21-15/h5,8-9,12-13H,6-7,10-11H2,1-4H3. The fourth-order valence-electron chi connectivity index (χ4n) is 3.29. The van der Waals surface area contributed by atoms with Gasteiger partial charge in [-0.15, -0.1) is 10.2 Å². The van der Waals surface area contributed by atoms with Crippen molar-refractivity contribution in [1.82, 2.24) is 24.8 Å². The molecule has 0 radical (unpaired) electrons. The zero-order chi connectivity index (χ0) is 18.3. The minimum Gasteiger partial charge on any atom is -0.353 e. The van der Waals surface area contributed by atoms with Crippen molar-refractivity contribution in [3.05, 3.63) is 30.2 Å². The minimum absolute atomic E-state index is 0.0417. The maximum absolute atomic E-state index is 4.77. The summed E-state index contributed by atoms with van der Waals surface area (Å²) in [7, 11) is 2.13. The van der Waals surface area contributed by atoms with E-state index in [0.29, 0.717) is 6.04 Å². The van der Waals surface area contributed by atoms with E-state index < -0.39 is 0 Å². The number of aromatic nitrogens is 5. The van der Waals surface area contributed by atoms with E-state index in [-0.39, 0.29) is 5.41 Å². The average molecular weight is 372 g/mol. The minimum atomic E-state index is 0.0417. The van der Waals surface area contributed by atoms with Crippen LogP contribution in [0.15, 0.2) is 24.5 Å². The van der Waals surface area contributed by atoms with Crippen molar-refractivity contribution in [3.63, 3.8) is 0 Å². The molecule has 0 N–H and O–H groups in total. The predicted molar refractivity (Wildman–Crippen MR) is 105 cm³/mol. The number of imidazole rings is 1. The zero-order valence-electron chi connectivity index (χ0n) is 15.8. The second-order valence-corrected chi connectivity index (χ2v) is 8.86. The van der Waals surface area contributed by atoms with E-state index in [1.54, 1.807) is 17.5 Å². The maximum atomic E-state index is 4.77. The SMILES string of the molecule is CN(c1nn2cc(C(C)(C)C)nc2s1)C1CCCN(c2cccnn2)C1. The van der Waals surface area contributed by atoms with Gasteiger partial charge in [0.15, 0.2) is 5.82 Å². The van der Waals surface area contributed by atoms with Crippen LogP contribution in [-0.4, -0.2) is 51.0 Å². The first-order chi connectivity index (χ1) is 12.4. The van der Waals surface area contributed by atoms with Gasteiger partial charge in [-0.1, -0.05) is 32.1 Å². The molecule has 8 heteroatoms. The van der Waals surface area contributed by atoms with E-state index in [2.05, 4.69) is 54.0 Å². The van der Waals surface area contributed by atoms with Crippen molar-refractivity contribution in [3.8, 4) is 0 Å². The Morgan fingerprint density at radius 1 is 1.31 bits per heavy atom. The first kappa shape index (κ1) is 17.2. The van der Waals surface area contributed by atoms with Gasteiger partial charge in [0.1, 0.15) is 0 Å². The summed E-state index contributed by atoms with van der Waals surface area (Å²) in [5.41, 5.74) is 1.12. The number of nitrogens with zero attached hydrogens (tertiary/aromatic N) is 7. The van der Waals surface area contributed by atoms with E-state index in [9.17, 15) is 0 Å². The molecule has 1 saturated heterocycles. The number of anilines is 2. The number of piperidine rings is 1. The van der Waals surface area contributed by atoms with Gasteiger partial charge in [0.25, 0.3) is 0 Å². The van der Waals surface area contributed by atoms with Gasteiger partial charge in [-0.3, -0.25) is 0 Å². The lowest BCUT2D eigenvalue weighted by Crippen LogP contribution is -2.47. The lowest BCUT2D eigenvalue weighted by molar-refractivity contribution is 0.483. The zero-order valence-corrected chi connectivity index (χ0v) is 16.6. The summed E-state index contributed by atoms with van der Waals surface area (Å²) >= 11 is 1.65. The summed E-state index contributed by atoms with van der Waals surface area (Å²) in [6.07, 6.45) is 6.06.